The second-order valence-corrected chi connectivity index (χ2v) is 4.01. The molecule has 0 unspecified atom stereocenters. The third-order valence-electron chi connectivity index (χ3n) is 2.18. The average Bonchev–Trinajstić information content (AvgIpc) is 2.30. The second kappa shape index (κ2) is 4.41. The first kappa shape index (κ1) is 10.1. The summed E-state index contributed by atoms with van der Waals surface area (Å²) in [6.07, 6.45) is 3.62. The quantitative estimate of drug-likeness (QED) is 0.790. The SMILES string of the molecule is C=Cc1ccc(-c2ccccn2)cc1Br. The van der Waals surface area contributed by atoms with Gasteiger partial charge in [-0.3, -0.25) is 4.98 Å². The van der Waals surface area contributed by atoms with E-state index < -0.39 is 0 Å². The molecular weight excluding hydrogens is 250 g/mol. The van der Waals surface area contributed by atoms with E-state index in [1.807, 2.05) is 36.4 Å². The normalized spacial score (nSPS) is 9.93. The van der Waals surface area contributed by atoms with Crippen molar-refractivity contribution in [1.82, 2.24) is 4.98 Å². The first-order valence-electron chi connectivity index (χ1n) is 4.64. The van der Waals surface area contributed by atoms with Crippen molar-refractivity contribution in [2.75, 3.05) is 0 Å². The number of nitrogens with zero attached hydrogens (tertiary/aromatic N) is 1. The van der Waals surface area contributed by atoms with Gasteiger partial charge in [0.15, 0.2) is 0 Å². The lowest BCUT2D eigenvalue weighted by atomic mass is 10.1. The van der Waals surface area contributed by atoms with Crippen LogP contribution in [-0.4, -0.2) is 4.98 Å². The van der Waals surface area contributed by atoms with E-state index >= 15 is 0 Å². The molecule has 0 spiro atoms. The number of halogens is 1. The fourth-order valence-electron chi connectivity index (χ4n) is 1.39. The lowest BCUT2D eigenvalue weighted by molar-refractivity contribution is 1.32. The summed E-state index contributed by atoms with van der Waals surface area (Å²) in [7, 11) is 0. The van der Waals surface area contributed by atoms with Gasteiger partial charge in [0.05, 0.1) is 5.69 Å². The van der Waals surface area contributed by atoms with Crippen molar-refractivity contribution in [1.29, 1.82) is 0 Å². The van der Waals surface area contributed by atoms with Crippen LogP contribution in [0.4, 0.5) is 0 Å². The van der Waals surface area contributed by atoms with E-state index in [2.05, 4.69) is 33.6 Å². The van der Waals surface area contributed by atoms with Gasteiger partial charge in [-0.05, 0) is 23.8 Å². The molecule has 15 heavy (non-hydrogen) atoms. The van der Waals surface area contributed by atoms with Crippen LogP contribution in [0.25, 0.3) is 17.3 Å². The lowest BCUT2D eigenvalue weighted by Crippen LogP contribution is -1.83. The molecular formula is C13H10BrN. The van der Waals surface area contributed by atoms with E-state index in [4.69, 9.17) is 0 Å². The summed E-state index contributed by atoms with van der Waals surface area (Å²) < 4.78 is 1.04. The summed E-state index contributed by atoms with van der Waals surface area (Å²) in [5.41, 5.74) is 3.18. The highest BCUT2D eigenvalue weighted by Gasteiger charge is 2.01. The van der Waals surface area contributed by atoms with Crippen LogP contribution in [0.5, 0.6) is 0 Å². The van der Waals surface area contributed by atoms with E-state index in [-0.39, 0.29) is 0 Å². The van der Waals surface area contributed by atoms with Crippen molar-refractivity contribution >= 4 is 22.0 Å². The van der Waals surface area contributed by atoms with Gasteiger partial charge in [0.2, 0.25) is 0 Å². The van der Waals surface area contributed by atoms with E-state index in [0.717, 1.165) is 21.3 Å². The van der Waals surface area contributed by atoms with Gasteiger partial charge < -0.3 is 0 Å². The van der Waals surface area contributed by atoms with Crippen LogP contribution >= 0.6 is 15.9 Å². The molecule has 0 saturated heterocycles. The monoisotopic (exact) mass is 259 g/mol. The maximum atomic E-state index is 4.30. The third-order valence-corrected chi connectivity index (χ3v) is 2.87. The van der Waals surface area contributed by atoms with E-state index in [9.17, 15) is 0 Å². The number of benzene rings is 1. The summed E-state index contributed by atoms with van der Waals surface area (Å²) in [6.45, 7) is 3.75. The van der Waals surface area contributed by atoms with Gasteiger partial charge in [0, 0.05) is 16.2 Å². The topological polar surface area (TPSA) is 12.9 Å². The molecule has 0 fully saturated rings. The van der Waals surface area contributed by atoms with Crippen molar-refractivity contribution in [3.05, 3.63) is 59.2 Å². The summed E-state index contributed by atoms with van der Waals surface area (Å²) in [5.74, 6) is 0. The van der Waals surface area contributed by atoms with E-state index in [0.29, 0.717) is 0 Å². The minimum atomic E-state index is 0.980. The lowest BCUT2D eigenvalue weighted by Gasteiger charge is -2.03. The highest BCUT2D eigenvalue weighted by molar-refractivity contribution is 9.10. The zero-order valence-electron chi connectivity index (χ0n) is 8.15. The highest BCUT2D eigenvalue weighted by Crippen LogP contribution is 2.25. The Morgan fingerprint density at radius 2 is 2.07 bits per heavy atom. The Balaban J connectivity index is 2.47. The van der Waals surface area contributed by atoms with Crippen LogP contribution in [-0.2, 0) is 0 Å². The van der Waals surface area contributed by atoms with Gasteiger partial charge in [0.1, 0.15) is 0 Å². The zero-order valence-corrected chi connectivity index (χ0v) is 9.74. The summed E-state index contributed by atoms with van der Waals surface area (Å²) in [5, 5.41) is 0. The molecule has 1 heterocycles. The Morgan fingerprint density at radius 1 is 1.20 bits per heavy atom. The predicted molar refractivity (Wildman–Crippen MR) is 67.5 cm³/mol. The molecule has 0 radical (unpaired) electrons. The summed E-state index contributed by atoms with van der Waals surface area (Å²) in [6, 6.07) is 12.0. The summed E-state index contributed by atoms with van der Waals surface area (Å²) in [4.78, 5) is 4.30. The van der Waals surface area contributed by atoms with Crippen LogP contribution in [0.3, 0.4) is 0 Å². The smallest absolute Gasteiger partial charge is 0.0702 e. The van der Waals surface area contributed by atoms with Gasteiger partial charge in [-0.1, -0.05) is 46.8 Å². The molecule has 0 bridgehead atoms. The van der Waals surface area contributed by atoms with Crippen LogP contribution in [0.1, 0.15) is 5.56 Å². The van der Waals surface area contributed by atoms with Gasteiger partial charge in [0.25, 0.3) is 0 Å². The van der Waals surface area contributed by atoms with Crippen LogP contribution in [0.15, 0.2) is 53.6 Å². The molecule has 0 N–H and O–H groups in total. The van der Waals surface area contributed by atoms with Crippen LogP contribution in [0, 0.1) is 0 Å². The molecule has 0 aliphatic heterocycles. The molecule has 0 aliphatic carbocycles. The molecule has 0 aliphatic rings. The summed E-state index contributed by atoms with van der Waals surface area (Å²) >= 11 is 3.51. The Kier molecular flexibility index (Phi) is 2.97. The third kappa shape index (κ3) is 2.16. The fourth-order valence-corrected chi connectivity index (χ4v) is 1.93. The first-order chi connectivity index (χ1) is 7.31. The van der Waals surface area contributed by atoms with Gasteiger partial charge >= 0.3 is 0 Å². The highest BCUT2D eigenvalue weighted by atomic mass is 79.9. The molecule has 74 valence electrons. The molecule has 0 saturated carbocycles. The number of rotatable bonds is 2. The van der Waals surface area contributed by atoms with Crippen molar-refractivity contribution < 1.29 is 0 Å². The number of hydrogen-bond donors (Lipinski definition) is 0. The standard InChI is InChI=1S/C13H10BrN/c1-2-10-6-7-11(9-12(10)14)13-5-3-4-8-15-13/h2-9H,1H2. The largest absolute Gasteiger partial charge is 0.256 e. The van der Waals surface area contributed by atoms with Crippen molar-refractivity contribution in [2.24, 2.45) is 0 Å². The van der Waals surface area contributed by atoms with Gasteiger partial charge in [-0.2, -0.15) is 0 Å². The van der Waals surface area contributed by atoms with E-state index in [1.54, 1.807) is 6.20 Å². The van der Waals surface area contributed by atoms with Crippen LogP contribution in [0.2, 0.25) is 0 Å². The molecule has 1 aromatic carbocycles. The van der Waals surface area contributed by atoms with Gasteiger partial charge in [-0.15, -0.1) is 0 Å². The molecule has 1 aromatic heterocycles. The zero-order chi connectivity index (χ0) is 10.7. The van der Waals surface area contributed by atoms with Crippen molar-refractivity contribution in [3.8, 4) is 11.3 Å². The van der Waals surface area contributed by atoms with Crippen molar-refractivity contribution in [2.45, 2.75) is 0 Å². The Bertz CT molecular complexity index is 477. The predicted octanol–water partition coefficient (Wildman–Crippen LogP) is 4.15. The Labute approximate surface area is 97.6 Å². The first-order valence-corrected chi connectivity index (χ1v) is 5.44. The second-order valence-electron chi connectivity index (χ2n) is 3.16. The average molecular weight is 260 g/mol. The fraction of sp³-hybridized carbons (Fsp3) is 0. The van der Waals surface area contributed by atoms with Gasteiger partial charge in [-0.25, -0.2) is 0 Å². The molecule has 2 aromatic rings. The minimum Gasteiger partial charge on any atom is -0.256 e. The molecule has 0 atom stereocenters. The Morgan fingerprint density at radius 3 is 2.67 bits per heavy atom. The number of pyridine rings is 1. The molecule has 2 rings (SSSR count). The van der Waals surface area contributed by atoms with Crippen LogP contribution < -0.4 is 0 Å². The van der Waals surface area contributed by atoms with E-state index in [1.165, 1.54) is 0 Å². The molecule has 0 amide bonds. The minimum absolute atomic E-state index is 0.980. The molecule has 2 heteroatoms. The molecule has 1 nitrogen and oxygen atoms in total. The van der Waals surface area contributed by atoms with Crippen molar-refractivity contribution in [3.63, 3.8) is 0 Å². The number of hydrogen-bond acceptors (Lipinski definition) is 1. The Hall–Kier alpha value is -1.41. The number of aromatic nitrogens is 1. The maximum absolute atomic E-state index is 4.30. The maximum Gasteiger partial charge on any atom is 0.0702 e.